The van der Waals surface area contributed by atoms with E-state index in [1.807, 2.05) is 13.0 Å². The molecule has 8 heteroatoms. The lowest BCUT2D eigenvalue weighted by Gasteiger charge is -2.43. The van der Waals surface area contributed by atoms with Gasteiger partial charge in [-0.3, -0.25) is 9.59 Å². The highest BCUT2D eigenvalue weighted by molar-refractivity contribution is 6.31. The molecule has 1 fully saturated rings. The second-order valence-electron chi connectivity index (χ2n) is 8.83. The largest absolute Gasteiger partial charge is 0.423 e. The molecule has 0 N–H and O–H groups in total. The highest BCUT2D eigenvalue weighted by atomic mass is 35.5. The molecule has 0 bridgehead atoms. The summed E-state index contributed by atoms with van der Waals surface area (Å²) in [6, 6.07) is 10.5. The van der Waals surface area contributed by atoms with E-state index in [9.17, 15) is 9.59 Å². The molecule has 1 saturated heterocycles. The molecule has 2 aromatic carbocycles. The van der Waals surface area contributed by atoms with Crippen molar-refractivity contribution in [2.45, 2.75) is 58.2 Å². The van der Waals surface area contributed by atoms with Crippen molar-refractivity contribution in [3.63, 3.8) is 0 Å². The van der Waals surface area contributed by atoms with Gasteiger partial charge in [-0.2, -0.15) is 4.98 Å². The van der Waals surface area contributed by atoms with E-state index in [0.717, 1.165) is 5.56 Å². The van der Waals surface area contributed by atoms with Crippen molar-refractivity contribution < 1.29 is 19.1 Å². The van der Waals surface area contributed by atoms with Crippen molar-refractivity contribution in [1.82, 2.24) is 15.2 Å². The molecule has 0 radical (unpaired) electrons. The molecule has 32 heavy (non-hydrogen) atoms. The normalized spacial score (nSPS) is 18.2. The monoisotopic (exact) mass is 453 g/mol. The molecule has 1 aromatic heterocycles. The number of fused-ring (bicyclic) bond motifs is 1. The number of nitrogens with zero attached hydrogens (tertiary/aromatic N) is 3. The van der Waals surface area contributed by atoms with Gasteiger partial charge >= 0.3 is 6.01 Å². The van der Waals surface area contributed by atoms with Crippen LogP contribution in [0.25, 0.3) is 11.0 Å². The first-order valence-corrected chi connectivity index (χ1v) is 10.8. The predicted molar refractivity (Wildman–Crippen MR) is 120 cm³/mol. The Labute approximate surface area is 191 Å². The first-order valence-electron chi connectivity index (χ1n) is 10.4. The topological polar surface area (TPSA) is 91.3 Å². The summed E-state index contributed by atoms with van der Waals surface area (Å²) in [4.78, 5) is 30.8. The lowest BCUT2D eigenvalue weighted by molar-refractivity contribution is -0.184. The van der Waals surface area contributed by atoms with Gasteiger partial charge in [-0.05, 0) is 75.6 Å². The van der Waals surface area contributed by atoms with Crippen LogP contribution in [-0.2, 0) is 20.7 Å². The van der Waals surface area contributed by atoms with Crippen LogP contribution in [0, 0.1) is 0 Å². The van der Waals surface area contributed by atoms with Gasteiger partial charge in [-0.25, -0.2) is 0 Å². The number of benzene rings is 2. The SMILES string of the molecule is CCc1ccc(Oc2nnc3cc(Cl)ccc3n2)cc1C1C(=O)C(C)(C)OC(C)(C)C1=O. The van der Waals surface area contributed by atoms with Crippen LogP contribution in [0.2, 0.25) is 5.02 Å². The van der Waals surface area contributed by atoms with Gasteiger partial charge < -0.3 is 9.47 Å². The summed E-state index contributed by atoms with van der Waals surface area (Å²) >= 11 is 5.98. The average molecular weight is 454 g/mol. The van der Waals surface area contributed by atoms with Crippen LogP contribution in [0.5, 0.6) is 11.8 Å². The first kappa shape index (κ1) is 22.3. The number of rotatable bonds is 4. The third-order valence-corrected chi connectivity index (χ3v) is 5.87. The molecule has 0 amide bonds. The second-order valence-corrected chi connectivity index (χ2v) is 9.26. The van der Waals surface area contributed by atoms with Crippen LogP contribution in [0.1, 0.15) is 51.7 Å². The van der Waals surface area contributed by atoms with Crippen LogP contribution in [0.4, 0.5) is 0 Å². The van der Waals surface area contributed by atoms with Crippen molar-refractivity contribution in [3.8, 4) is 11.8 Å². The number of halogens is 1. The summed E-state index contributed by atoms with van der Waals surface area (Å²) < 4.78 is 11.7. The van der Waals surface area contributed by atoms with Crippen LogP contribution in [0.3, 0.4) is 0 Å². The highest BCUT2D eigenvalue weighted by Crippen LogP contribution is 2.40. The van der Waals surface area contributed by atoms with Gasteiger partial charge in [-0.1, -0.05) is 29.7 Å². The van der Waals surface area contributed by atoms with E-state index in [1.54, 1.807) is 58.0 Å². The minimum absolute atomic E-state index is 0.0558. The van der Waals surface area contributed by atoms with Gasteiger partial charge in [-0.15, -0.1) is 5.10 Å². The molecule has 4 rings (SSSR count). The van der Waals surface area contributed by atoms with Crippen LogP contribution in [-0.4, -0.2) is 37.9 Å². The number of hydrogen-bond acceptors (Lipinski definition) is 7. The number of carbonyl (C=O) groups excluding carboxylic acids is 2. The van der Waals surface area contributed by atoms with E-state index in [2.05, 4.69) is 15.2 Å². The third-order valence-electron chi connectivity index (χ3n) is 5.64. The summed E-state index contributed by atoms with van der Waals surface area (Å²) in [6.45, 7) is 8.77. The predicted octanol–water partition coefficient (Wildman–Crippen LogP) is 4.84. The minimum Gasteiger partial charge on any atom is -0.423 e. The van der Waals surface area contributed by atoms with Gasteiger partial charge in [0.05, 0.1) is 5.52 Å². The average Bonchev–Trinajstić information content (AvgIpc) is 2.72. The molecule has 0 aliphatic carbocycles. The molecule has 166 valence electrons. The number of Topliss-reactive ketones (excluding diaryl/α,β-unsaturated/α-hetero) is 2. The van der Waals surface area contributed by atoms with Gasteiger partial charge in [0.25, 0.3) is 0 Å². The molecule has 3 aromatic rings. The molecule has 2 heterocycles. The van der Waals surface area contributed by atoms with E-state index in [-0.39, 0.29) is 17.6 Å². The van der Waals surface area contributed by atoms with Crippen molar-refractivity contribution in [2.24, 2.45) is 0 Å². The molecule has 0 atom stereocenters. The van der Waals surface area contributed by atoms with Crippen LogP contribution < -0.4 is 4.74 Å². The van der Waals surface area contributed by atoms with Crippen LogP contribution in [0.15, 0.2) is 36.4 Å². The minimum atomic E-state index is -1.09. The molecule has 0 unspecified atom stereocenters. The first-order chi connectivity index (χ1) is 15.0. The molecule has 1 aliphatic rings. The Morgan fingerprint density at radius 2 is 1.66 bits per heavy atom. The van der Waals surface area contributed by atoms with Crippen molar-refractivity contribution in [1.29, 1.82) is 0 Å². The van der Waals surface area contributed by atoms with Gasteiger partial charge in [0.15, 0.2) is 11.6 Å². The summed E-state index contributed by atoms with van der Waals surface area (Å²) in [5, 5.41) is 8.65. The fourth-order valence-corrected chi connectivity index (χ4v) is 4.27. The van der Waals surface area contributed by atoms with Crippen molar-refractivity contribution >= 4 is 34.2 Å². The number of ketones is 2. The lowest BCUT2D eigenvalue weighted by Crippen LogP contribution is -2.58. The van der Waals surface area contributed by atoms with Gasteiger partial charge in [0.2, 0.25) is 0 Å². The van der Waals surface area contributed by atoms with Crippen LogP contribution >= 0.6 is 11.6 Å². The number of hydrogen-bond donors (Lipinski definition) is 0. The van der Waals surface area contributed by atoms with E-state index in [4.69, 9.17) is 21.1 Å². The summed E-state index contributed by atoms with van der Waals surface area (Å²) in [5.74, 6) is -1.07. The summed E-state index contributed by atoms with van der Waals surface area (Å²) in [7, 11) is 0. The highest BCUT2D eigenvalue weighted by Gasteiger charge is 2.53. The Morgan fingerprint density at radius 3 is 2.31 bits per heavy atom. The summed E-state index contributed by atoms with van der Waals surface area (Å²) in [5.41, 5.74) is 0.472. The quantitative estimate of drug-likeness (QED) is 0.522. The fraction of sp³-hybridized carbons (Fsp3) is 0.375. The maximum Gasteiger partial charge on any atom is 0.341 e. The van der Waals surface area contributed by atoms with Gasteiger partial charge in [0.1, 0.15) is 28.4 Å². The van der Waals surface area contributed by atoms with Crippen molar-refractivity contribution in [2.75, 3.05) is 0 Å². The smallest absolute Gasteiger partial charge is 0.341 e. The van der Waals surface area contributed by atoms with E-state index < -0.39 is 17.1 Å². The molecular weight excluding hydrogens is 430 g/mol. The Hall–Kier alpha value is -2.90. The number of aryl methyl sites for hydroxylation is 1. The fourth-order valence-electron chi connectivity index (χ4n) is 4.10. The molecule has 0 spiro atoms. The summed E-state index contributed by atoms with van der Waals surface area (Å²) in [6.07, 6.45) is 0.656. The maximum atomic E-state index is 13.2. The number of aromatic nitrogens is 3. The zero-order valence-electron chi connectivity index (χ0n) is 18.6. The van der Waals surface area contributed by atoms with Crippen molar-refractivity contribution in [3.05, 3.63) is 52.5 Å². The molecule has 1 aliphatic heterocycles. The van der Waals surface area contributed by atoms with Gasteiger partial charge in [0, 0.05) is 5.02 Å². The number of carbonyl (C=O) groups is 2. The van der Waals surface area contributed by atoms with E-state index >= 15 is 0 Å². The second kappa shape index (κ2) is 7.90. The Balaban J connectivity index is 1.74. The Morgan fingerprint density at radius 1 is 0.969 bits per heavy atom. The zero-order valence-corrected chi connectivity index (χ0v) is 19.4. The molecular formula is C24H24ClN3O4. The van der Waals surface area contributed by atoms with E-state index in [0.29, 0.717) is 33.8 Å². The Bertz CT molecular complexity index is 1210. The maximum absolute atomic E-state index is 13.2. The molecule has 0 saturated carbocycles. The number of ether oxygens (including phenoxy) is 2. The zero-order chi connectivity index (χ0) is 23.3. The van der Waals surface area contributed by atoms with E-state index in [1.165, 1.54) is 0 Å². The third kappa shape index (κ3) is 3.98. The lowest BCUT2D eigenvalue weighted by atomic mass is 9.73. The Kier molecular flexibility index (Phi) is 5.51. The standard InChI is InChI=1S/C24H24ClN3O4/c1-6-13-7-9-15(31-22-26-17-10-8-14(25)11-18(17)27-28-22)12-16(13)19-20(29)23(2,3)32-24(4,5)21(19)30/h7-12,19H,6H2,1-5H3. The molecule has 7 nitrogen and oxygen atoms in total.